The Morgan fingerprint density at radius 3 is 2.31 bits per heavy atom. The fourth-order valence-electron chi connectivity index (χ4n) is 4.33. The minimum atomic E-state index is -3.56. The van der Waals surface area contributed by atoms with Crippen LogP contribution in [0.4, 0.5) is 5.69 Å². The van der Waals surface area contributed by atoms with E-state index in [1.807, 2.05) is 71.5 Å². The number of nitrogens with zero attached hydrogens (tertiary/aromatic N) is 4. The summed E-state index contributed by atoms with van der Waals surface area (Å²) >= 11 is 0. The zero-order valence-corrected chi connectivity index (χ0v) is 20.9. The molecule has 0 amide bonds. The Labute approximate surface area is 211 Å². The average Bonchev–Trinajstić information content (AvgIpc) is 3.37. The van der Waals surface area contributed by atoms with E-state index in [0.29, 0.717) is 24.5 Å². The van der Waals surface area contributed by atoms with Crippen molar-refractivity contribution in [1.82, 2.24) is 14.1 Å². The summed E-state index contributed by atoms with van der Waals surface area (Å²) in [5.74, 6) is 0.404. The summed E-state index contributed by atoms with van der Waals surface area (Å²) < 4.78 is 35.1. The van der Waals surface area contributed by atoms with Crippen LogP contribution in [-0.2, 0) is 10.0 Å². The van der Waals surface area contributed by atoms with E-state index in [4.69, 9.17) is 9.84 Å². The molecule has 0 saturated carbocycles. The number of rotatable bonds is 7. The molecule has 7 nitrogen and oxygen atoms in total. The fourth-order valence-corrected chi connectivity index (χ4v) is 5.87. The Balaban J connectivity index is 1.49. The number of aromatic nitrogens is 2. The normalized spacial score (nSPS) is 14.8. The van der Waals surface area contributed by atoms with Crippen molar-refractivity contribution in [1.29, 1.82) is 0 Å². The van der Waals surface area contributed by atoms with Crippen molar-refractivity contribution in [3.8, 4) is 22.7 Å². The molecule has 4 aromatic rings. The molecule has 1 aliphatic rings. The summed E-state index contributed by atoms with van der Waals surface area (Å²) in [5.41, 5.74) is 4.09. The number of hydrogen-bond donors (Lipinski definition) is 0. The lowest BCUT2D eigenvalue weighted by Gasteiger charge is -2.26. The maximum atomic E-state index is 13.1. The molecule has 0 bridgehead atoms. The second-order valence-corrected chi connectivity index (χ2v) is 10.6. The van der Waals surface area contributed by atoms with Gasteiger partial charge in [-0.1, -0.05) is 55.0 Å². The maximum absolute atomic E-state index is 13.1. The van der Waals surface area contributed by atoms with Gasteiger partial charge < -0.3 is 4.74 Å². The van der Waals surface area contributed by atoms with Crippen LogP contribution in [0.1, 0.15) is 24.8 Å². The number of methoxy groups -OCH3 is 1. The number of hydrogen-bond acceptors (Lipinski definition) is 5. The molecule has 36 heavy (non-hydrogen) atoms. The first-order valence-corrected chi connectivity index (χ1v) is 13.4. The number of aliphatic imine (C=N–C) groups is 1. The van der Waals surface area contributed by atoms with E-state index in [9.17, 15) is 8.42 Å². The standard InChI is InChI=1S/C28H28N4O3S/c1-35-27-19-25(36(33,34)31-17-9-4-10-18-31)15-16-26(27)29-20-23-21-32(24-13-7-3-8-14-24)30-28(23)22-11-5-2-6-12-22/h2-3,5-8,11-16,19-21H,4,9-10,17-18H2,1H3. The first-order valence-electron chi connectivity index (χ1n) is 12.0. The van der Waals surface area contributed by atoms with Crippen LogP contribution in [0.3, 0.4) is 0 Å². The zero-order chi connectivity index (χ0) is 25.0. The Bertz CT molecular complexity index is 1460. The van der Waals surface area contributed by atoms with Gasteiger partial charge in [0.25, 0.3) is 0 Å². The zero-order valence-electron chi connectivity index (χ0n) is 20.1. The second kappa shape index (κ2) is 10.5. The first-order chi connectivity index (χ1) is 17.6. The largest absolute Gasteiger partial charge is 0.494 e. The predicted molar refractivity (Wildman–Crippen MR) is 142 cm³/mol. The van der Waals surface area contributed by atoms with Crippen LogP contribution in [0.15, 0.2) is 94.9 Å². The van der Waals surface area contributed by atoms with E-state index in [2.05, 4.69) is 4.99 Å². The molecule has 0 atom stereocenters. The third-order valence-corrected chi connectivity index (χ3v) is 8.15. The van der Waals surface area contributed by atoms with Gasteiger partial charge >= 0.3 is 0 Å². The van der Waals surface area contributed by atoms with Crippen LogP contribution in [-0.4, -0.2) is 48.9 Å². The van der Waals surface area contributed by atoms with Gasteiger partial charge in [-0.2, -0.15) is 9.40 Å². The Hall–Kier alpha value is -3.75. The summed E-state index contributed by atoms with van der Waals surface area (Å²) in [4.78, 5) is 4.89. The van der Waals surface area contributed by atoms with E-state index < -0.39 is 10.0 Å². The first kappa shape index (κ1) is 24.0. The van der Waals surface area contributed by atoms with E-state index in [0.717, 1.165) is 41.8 Å². The van der Waals surface area contributed by atoms with E-state index in [1.54, 1.807) is 28.7 Å². The quantitative estimate of drug-likeness (QED) is 0.315. The average molecular weight is 501 g/mol. The Morgan fingerprint density at radius 2 is 1.61 bits per heavy atom. The molecule has 0 unspecified atom stereocenters. The van der Waals surface area contributed by atoms with Gasteiger partial charge in [0.1, 0.15) is 17.1 Å². The molecule has 1 aromatic heterocycles. The van der Waals surface area contributed by atoms with Gasteiger partial charge in [0.15, 0.2) is 0 Å². The summed E-state index contributed by atoms with van der Waals surface area (Å²) in [6, 6.07) is 24.7. The molecule has 0 radical (unpaired) electrons. The molecule has 184 valence electrons. The van der Waals surface area contributed by atoms with Crippen LogP contribution < -0.4 is 4.74 Å². The topological polar surface area (TPSA) is 76.8 Å². The molecule has 1 saturated heterocycles. The van der Waals surface area contributed by atoms with Crippen LogP contribution in [0, 0.1) is 0 Å². The van der Waals surface area contributed by atoms with E-state index in [1.165, 1.54) is 7.11 Å². The summed E-state index contributed by atoms with van der Waals surface area (Å²) in [5, 5.41) is 4.81. The smallest absolute Gasteiger partial charge is 0.243 e. The third-order valence-electron chi connectivity index (χ3n) is 6.26. The number of para-hydroxylation sites is 1. The molecule has 5 rings (SSSR count). The van der Waals surface area contributed by atoms with Crippen LogP contribution in [0.25, 0.3) is 16.9 Å². The second-order valence-electron chi connectivity index (χ2n) is 8.64. The van der Waals surface area contributed by atoms with E-state index in [-0.39, 0.29) is 4.90 Å². The van der Waals surface area contributed by atoms with Crippen molar-refractivity contribution in [3.05, 3.63) is 90.6 Å². The van der Waals surface area contributed by atoms with E-state index >= 15 is 0 Å². The third kappa shape index (κ3) is 4.96. The lowest BCUT2D eigenvalue weighted by molar-refractivity contribution is 0.346. The summed E-state index contributed by atoms with van der Waals surface area (Å²) in [6.07, 6.45) is 6.52. The van der Waals surface area contributed by atoms with Gasteiger partial charge in [-0.05, 0) is 37.1 Å². The summed E-state index contributed by atoms with van der Waals surface area (Å²) in [6.45, 7) is 1.11. The van der Waals surface area contributed by atoms with Gasteiger partial charge in [0.2, 0.25) is 10.0 Å². The molecule has 0 spiro atoms. The minimum absolute atomic E-state index is 0.224. The highest BCUT2D eigenvalue weighted by Crippen LogP contribution is 2.32. The van der Waals surface area contributed by atoms with Crippen LogP contribution in [0.2, 0.25) is 0 Å². The molecule has 8 heteroatoms. The van der Waals surface area contributed by atoms with Gasteiger partial charge in [-0.15, -0.1) is 0 Å². The molecule has 0 aliphatic carbocycles. The molecule has 3 aromatic carbocycles. The van der Waals surface area contributed by atoms with Crippen molar-refractivity contribution in [2.24, 2.45) is 4.99 Å². The lowest BCUT2D eigenvalue weighted by atomic mass is 10.1. The number of ether oxygens (including phenoxy) is 1. The maximum Gasteiger partial charge on any atom is 0.243 e. The highest BCUT2D eigenvalue weighted by molar-refractivity contribution is 7.89. The van der Waals surface area contributed by atoms with Crippen molar-refractivity contribution < 1.29 is 13.2 Å². The highest BCUT2D eigenvalue weighted by Gasteiger charge is 2.26. The molecular weight excluding hydrogens is 472 g/mol. The lowest BCUT2D eigenvalue weighted by Crippen LogP contribution is -2.35. The SMILES string of the molecule is COc1cc(S(=O)(=O)N2CCCCC2)ccc1N=Cc1cn(-c2ccccc2)nc1-c1ccccc1. The number of piperidine rings is 1. The highest BCUT2D eigenvalue weighted by atomic mass is 32.2. The Morgan fingerprint density at radius 1 is 0.917 bits per heavy atom. The number of sulfonamides is 1. The molecule has 1 aliphatic heterocycles. The minimum Gasteiger partial charge on any atom is -0.494 e. The van der Waals surface area contributed by atoms with Gasteiger partial charge in [0, 0.05) is 42.7 Å². The fraction of sp³-hybridized carbons (Fsp3) is 0.214. The van der Waals surface area contributed by atoms with Crippen LogP contribution in [0.5, 0.6) is 5.75 Å². The van der Waals surface area contributed by atoms with Crippen molar-refractivity contribution in [2.45, 2.75) is 24.2 Å². The molecule has 1 fully saturated rings. The monoisotopic (exact) mass is 500 g/mol. The van der Waals surface area contributed by atoms with Crippen molar-refractivity contribution in [2.75, 3.05) is 20.2 Å². The van der Waals surface area contributed by atoms with Gasteiger partial charge in [-0.25, -0.2) is 13.1 Å². The van der Waals surface area contributed by atoms with Gasteiger partial charge in [0.05, 0.1) is 17.7 Å². The van der Waals surface area contributed by atoms with Gasteiger partial charge in [-0.3, -0.25) is 4.99 Å². The predicted octanol–water partition coefficient (Wildman–Crippen LogP) is 5.47. The number of benzene rings is 3. The Kier molecular flexibility index (Phi) is 6.97. The molecule has 0 N–H and O–H groups in total. The van der Waals surface area contributed by atoms with Crippen molar-refractivity contribution >= 4 is 21.9 Å². The molecule has 2 heterocycles. The van der Waals surface area contributed by atoms with Crippen LogP contribution >= 0.6 is 0 Å². The molecular formula is C28H28N4O3S. The summed E-state index contributed by atoms with van der Waals surface area (Å²) in [7, 11) is -2.04. The van der Waals surface area contributed by atoms with Crippen molar-refractivity contribution in [3.63, 3.8) is 0 Å².